The van der Waals surface area contributed by atoms with Gasteiger partial charge in [-0.25, -0.2) is 0 Å². The van der Waals surface area contributed by atoms with Gasteiger partial charge >= 0.3 is 0 Å². The van der Waals surface area contributed by atoms with Crippen molar-refractivity contribution in [3.05, 3.63) is 65.2 Å². The van der Waals surface area contributed by atoms with Crippen LogP contribution in [0.25, 0.3) is 0 Å². The summed E-state index contributed by atoms with van der Waals surface area (Å²) < 4.78 is 0. The lowest BCUT2D eigenvalue weighted by Crippen LogP contribution is -2.28. The molecule has 0 aromatic heterocycles. The minimum atomic E-state index is -0.200. The van der Waals surface area contributed by atoms with Gasteiger partial charge in [0.05, 0.1) is 5.56 Å². The Morgan fingerprint density at radius 2 is 1.60 bits per heavy atom. The zero-order valence-corrected chi connectivity index (χ0v) is 14.7. The molecule has 0 spiro atoms. The number of carbonyl (C=O) groups is 2. The fourth-order valence-corrected chi connectivity index (χ4v) is 2.91. The van der Waals surface area contributed by atoms with Crippen molar-refractivity contribution < 1.29 is 9.59 Å². The molecule has 0 bridgehead atoms. The van der Waals surface area contributed by atoms with Gasteiger partial charge in [0.15, 0.2) is 0 Å². The van der Waals surface area contributed by atoms with E-state index in [1.165, 1.54) is 11.1 Å². The van der Waals surface area contributed by atoms with Crippen LogP contribution in [0.15, 0.2) is 48.5 Å². The zero-order chi connectivity index (χ0) is 16.9. The van der Waals surface area contributed by atoms with Gasteiger partial charge in [0.2, 0.25) is 5.91 Å². The molecule has 2 amide bonds. The topological polar surface area (TPSA) is 75.4 Å². The van der Waals surface area contributed by atoms with E-state index in [0.717, 1.165) is 0 Å². The van der Waals surface area contributed by atoms with Gasteiger partial charge in [0.1, 0.15) is 0 Å². The van der Waals surface area contributed by atoms with Crippen molar-refractivity contribution in [2.75, 3.05) is 12.3 Å². The lowest BCUT2D eigenvalue weighted by atomic mass is 10.1. The number of para-hydroxylation sites is 1. The highest BCUT2D eigenvalue weighted by atomic mass is 35.5. The Kier molecular flexibility index (Phi) is 6.42. The molecule has 0 radical (unpaired) electrons. The summed E-state index contributed by atoms with van der Waals surface area (Å²) in [6, 6.07) is 15.1. The van der Waals surface area contributed by atoms with Crippen molar-refractivity contribution in [1.29, 1.82) is 0 Å². The van der Waals surface area contributed by atoms with Crippen LogP contribution in [-0.2, 0) is 17.9 Å². The minimum Gasteiger partial charge on any atom is -0.398 e. The standard InChI is InChI=1S/C19H21N3O2.ClH/c20-17-9-4-3-8-16(17)19(24)21-11-5-10-18(23)22-12-14-6-1-2-7-15(14)13-22;/h1-4,6-9H,5,10-13,20H2,(H,21,24);1H. The summed E-state index contributed by atoms with van der Waals surface area (Å²) in [5.74, 6) is -0.0752. The Balaban J connectivity index is 0.00000225. The number of nitrogens with one attached hydrogen (secondary N) is 1. The predicted octanol–water partition coefficient (Wildman–Crippen LogP) is 2.74. The van der Waals surface area contributed by atoms with Crippen LogP contribution in [0.4, 0.5) is 5.69 Å². The van der Waals surface area contributed by atoms with Gasteiger partial charge in [-0.15, -0.1) is 12.4 Å². The van der Waals surface area contributed by atoms with Crippen LogP contribution in [-0.4, -0.2) is 23.3 Å². The molecule has 0 atom stereocenters. The third kappa shape index (κ3) is 4.51. The Morgan fingerprint density at radius 1 is 1.00 bits per heavy atom. The first kappa shape index (κ1) is 18.8. The summed E-state index contributed by atoms with van der Waals surface area (Å²) in [4.78, 5) is 26.2. The second-order valence-electron chi connectivity index (χ2n) is 5.97. The average Bonchev–Trinajstić information content (AvgIpc) is 3.03. The molecule has 5 nitrogen and oxygen atoms in total. The summed E-state index contributed by atoms with van der Waals surface area (Å²) in [5.41, 5.74) is 9.15. The number of halogens is 1. The highest BCUT2D eigenvalue weighted by Gasteiger charge is 2.22. The van der Waals surface area contributed by atoms with Crippen LogP contribution in [0, 0.1) is 0 Å². The highest BCUT2D eigenvalue weighted by molar-refractivity contribution is 5.99. The van der Waals surface area contributed by atoms with Crippen LogP contribution >= 0.6 is 12.4 Å². The van der Waals surface area contributed by atoms with E-state index in [9.17, 15) is 9.59 Å². The van der Waals surface area contributed by atoms with E-state index in [1.54, 1.807) is 24.3 Å². The van der Waals surface area contributed by atoms with Gasteiger partial charge in [-0.3, -0.25) is 9.59 Å². The summed E-state index contributed by atoms with van der Waals surface area (Å²) in [7, 11) is 0. The van der Waals surface area contributed by atoms with Crippen LogP contribution in [0.5, 0.6) is 0 Å². The maximum atomic E-state index is 12.3. The molecule has 2 aromatic rings. The number of nitrogens with zero attached hydrogens (tertiary/aromatic N) is 1. The maximum absolute atomic E-state index is 12.3. The highest BCUT2D eigenvalue weighted by Crippen LogP contribution is 2.22. The molecule has 1 aliphatic rings. The van der Waals surface area contributed by atoms with E-state index in [2.05, 4.69) is 17.4 Å². The number of nitrogen functional groups attached to an aromatic ring is 1. The van der Waals surface area contributed by atoms with Gasteiger partial charge in [0, 0.05) is 31.7 Å². The van der Waals surface area contributed by atoms with E-state index in [1.807, 2.05) is 17.0 Å². The molecule has 0 aliphatic carbocycles. The van der Waals surface area contributed by atoms with E-state index in [4.69, 9.17) is 5.73 Å². The molecule has 2 aromatic carbocycles. The average molecular weight is 360 g/mol. The van der Waals surface area contributed by atoms with Crippen molar-refractivity contribution in [3.8, 4) is 0 Å². The molecule has 0 unspecified atom stereocenters. The molecule has 0 fully saturated rings. The minimum absolute atomic E-state index is 0. The fourth-order valence-electron chi connectivity index (χ4n) is 2.91. The third-order valence-electron chi connectivity index (χ3n) is 4.25. The maximum Gasteiger partial charge on any atom is 0.253 e. The first-order valence-corrected chi connectivity index (χ1v) is 8.12. The molecule has 132 valence electrons. The Bertz CT molecular complexity index is 739. The predicted molar refractivity (Wildman–Crippen MR) is 100 cm³/mol. The third-order valence-corrected chi connectivity index (χ3v) is 4.25. The zero-order valence-electron chi connectivity index (χ0n) is 13.9. The van der Waals surface area contributed by atoms with Gasteiger partial charge < -0.3 is 16.0 Å². The smallest absolute Gasteiger partial charge is 0.253 e. The number of fused-ring (bicyclic) bond motifs is 1. The Labute approximate surface area is 153 Å². The summed E-state index contributed by atoms with van der Waals surface area (Å²) >= 11 is 0. The van der Waals surface area contributed by atoms with Crippen molar-refractivity contribution in [1.82, 2.24) is 10.2 Å². The molecule has 25 heavy (non-hydrogen) atoms. The van der Waals surface area contributed by atoms with E-state index in [0.29, 0.717) is 43.7 Å². The first-order valence-electron chi connectivity index (χ1n) is 8.12. The molecule has 0 saturated heterocycles. The second-order valence-corrected chi connectivity index (χ2v) is 5.97. The van der Waals surface area contributed by atoms with Crippen LogP contribution in [0.1, 0.15) is 34.3 Å². The van der Waals surface area contributed by atoms with Crippen molar-refractivity contribution in [3.63, 3.8) is 0 Å². The lowest BCUT2D eigenvalue weighted by Gasteiger charge is -2.15. The van der Waals surface area contributed by atoms with Crippen molar-refractivity contribution >= 4 is 29.9 Å². The van der Waals surface area contributed by atoms with Crippen molar-refractivity contribution in [2.24, 2.45) is 0 Å². The van der Waals surface area contributed by atoms with Gasteiger partial charge in [-0.05, 0) is 29.7 Å². The van der Waals surface area contributed by atoms with E-state index >= 15 is 0 Å². The number of hydrogen-bond donors (Lipinski definition) is 2. The van der Waals surface area contributed by atoms with Crippen LogP contribution in [0.2, 0.25) is 0 Å². The van der Waals surface area contributed by atoms with E-state index in [-0.39, 0.29) is 24.2 Å². The van der Waals surface area contributed by atoms with Crippen molar-refractivity contribution in [2.45, 2.75) is 25.9 Å². The number of carbonyl (C=O) groups excluding carboxylic acids is 2. The SMILES string of the molecule is Cl.Nc1ccccc1C(=O)NCCCC(=O)N1Cc2ccccc2C1. The van der Waals surface area contributed by atoms with Crippen LogP contribution in [0.3, 0.4) is 0 Å². The fraction of sp³-hybridized carbons (Fsp3) is 0.263. The molecule has 1 heterocycles. The normalized spacial score (nSPS) is 12.2. The molecule has 0 saturated carbocycles. The molecular formula is C19H22ClN3O2. The van der Waals surface area contributed by atoms with E-state index < -0.39 is 0 Å². The quantitative estimate of drug-likeness (QED) is 0.636. The molecular weight excluding hydrogens is 338 g/mol. The van der Waals surface area contributed by atoms with Gasteiger partial charge in [0.25, 0.3) is 5.91 Å². The molecule has 3 N–H and O–H groups in total. The number of hydrogen-bond acceptors (Lipinski definition) is 3. The van der Waals surface area contributed by atoms with Gasteiger partial charge in [-0.1, -0.05) is 36.4 Å². The monoisotopic (exact) mass is 359 g/mol. The molecule has 3 rings (SSSR count). The number of rotatable bonds is 5. The number of benzene rings is 2. The summed E-state index contributed by atoms with van der Waals surface area (Å²) in [6.07, 6.45) is 1.04. The first-order chi connectivity index (χ1) is 11.6. The summed E-state index contributed by atoms with van der Waals surface area (Å²) in [5, 5.41) is 2.81. The number of anilines is 1. The van der Waals surface area contributed by atoms with Gasteiger partial charge in [-0.2, -0.15) is 0 Å². The molecule has 6 heteroatoms. The Hall–Kier alpha value is -2.53. The lowest BCUT2D eigenvalue weighted by molar-refractivity contribution is -0.131. The van der Waals surface area contributed by atoms with Crippen LogP contribution < -0.4 is 11.1 Å². The largest absolute Gasteiger partial charge is 0.398 e. The number of amides is 2. The second kappa shape index (κ2) is 8.53. The Morgan fingerprint density at radius 3 is 2.24 bits per heavy atom. The molecule has 1 aliphatic heterocycles. The summed E-state index contributed by atoms with van der Waals surface area (Å²) in [6.45, 7) is 1.82. The number of nitrogens with two attached hydrogens (primary N) is 1.